The molecule has 3 atom stereocenters. The third-order valence-corrected chi connectivity index (χ3v) is 6.21. The molecule has 1 fully saturated rings. The highest BCUT2D eigenvalue weighted by atomic mass is 19.1. The number of hydrogen-bond acceptors (Lipinski definition) is 8. The summed E-state index contributed by atoms with van der Waals surface area (Å²) in [5.41, 5.74) is 1.73. The van der Waals surface area contributed by atoms with E-state index in [1.807, 2.05) is 6.19 Å². The molecule has 0 aromatic carbocycles. The van der Waals surface area contributed by atoms with Crippen LogP contribution in [0.3, 0.4) is 0 Å². The van der Waals surface area contributed by atoms with E-state index in [1.165, 1.54) is 32.3 Å². The first kappa shape index (κ1) is 23.6. The lowest BCUT2D eigenvalue weighted by atomic mass is 10.0. The van der Waals surface area contributed by atoms with Crippen LogP contribution in [0.1, 0.15) is 30.0 Å². The molecule has 13 heteroatoms. The smallest absolute Gasteiger partial charge is 0.179 e. The molecule has 1 N–H and O–H groups in total. The zero-order chi connectivity index (χ0) is 25.4. The second-order valence-electron chi connectivity index (χ2n) is 8.46. The molecule has 4 aromatic heterocycles. The quantitative estimate of drug-likeness (QED) is 0.404. The Hall–Kier alpha value is -4.18. The Bertz CT molecular complexity index is 1430. The molecule has 0 unspecified atom stereocenters. The normalized spacial score (nSPS) is 18.8. The maximum absolute atomic E-state index is 14.8. The van der Waals surface area contributed by atoms with Gasteiger partial charge in [0.05, 0.1) is 43.0 Å². The van der Waals surface area contributed by atoms with E-state index in [0.717, 1.165) is 12.4 Å². The lowest BCUT2D eigenvalue weighted by molar-refractivity contribution is 0.114. The van der Waals surface area contributed by atoms with Crippen molar-refractivity contribution in [2.45, 2.75) is 31.7 Å². The van der Waals surface area contributed by atoms with Gasteiger partial charge in [-0.05, 0) is 31.5 Å². The van der Waals surface area contributed by atoms with Crippen molar-refractivity contribution in [3.05, 3.63) is 59.8 Å². The van der Waals surface area contributed by atoms with Crippen molar-refractivity contribution in [2.75, 3.05) is 19.7 Å². The number of aliphatic hydroxyl groups excluding tert-OH is 1. The minimum Gasteiger partial charge on any atom is -0.479 e. The molecule has 186 valence electrons. The number of nitrogens with zero attached hydrogens (tertiary/aromatic N) is 8. The average molecular weight is 498 g/mol. The van der Waals surface area contributed by atoms with Crippen LogP contribution in [0.2, 0.25) is 0 Å². The van der Waals surface area contributed by atoms with Gasteiger partial charge < -0.3 is 14.7 Å². The zero-order valence-electron chi connectivity index (χ0n) is 19.1. The maximum atomic E-state index is 14.8. The van der Waals surface area contributed by atoms with Crippen molar-refractivity contribution in [3.63, 3.8) is 0 Å². The number of aromatic nitrogens is 6. The van der Waals surface area contributed by atoms with Crippen LogP contribution < -0.4 is 4.74 Å². The first-order valence-corrected chi connectivity index (χ1v) is 11.2. The van der Waals surface area contributed by atoms with Crippen LogP contribution in [0.25, 0.3) is 16.8 Å². The summed E-state index contributed by atoms with van der Waals surface area (Å²) in [5, 5.41) is 31.3. The monoisotopic (exact) mass is 498 g/mol. The third kappa shape index (κ3) is 4.20. The Labute approximate surface area is 203 Å². The Balaban J connectivity index is 1.52. The van der Waals surface area contributed by atoms with Gasteiger partial charge in [-0.25, -0.2) is 22.4 Å². The number of pyridine rings is 2. The summed E-state index contributed by atoms with van der Waals surface area (Å²) in [5.74, 6) is -1.15. The summed E-state index contributed by atoms with van der Waals surface area (Å²) in [6.07, 6.45) is 3.60. The lowest BCUT2D eigenvalue weighted by Crippen LogP contribution is -2.40. The molecular formula is C23H21F3N8O2. The molecule has 4 aromatic rings. The molecule has 10 nitrogen and oxygen atoms in total. The van der Waals surface area contributed by atoms with Gasteiger partial charge in [0.25, 0.3) is 0 Å². The van der Waals surface area contributed by atoms with E-state index in [2.05, 4.69) is 20.4 Å². The number of rotatable bonds is 6. The van der Waals surface area contributed by atoms with E-state index in [-0.39, 0.29) is 23.5 Å². The molecule has 0 amide bonds. The molecule has 0 saturated carbocycles. The van der Waals surface area contributed by atoms with Gasteiger partial charge in [0, 0.05) is 18.3 Å². The van der Waals surface area contributed by atoms with Crippen LogP contribution in [0.5, 0.6) is 5.75 Å². The standard InChI is InChI=1S/C23H21F3N8O2/c1-13-22(30-31-34(13)19-4-5-32(12-27)10-17(19)26)14-6-20(23-16(25)8-29-33(23)9-14)36-21(11-35)18-3-2-15(24)7-28-18/h2-3,6-9,17,19,21,35H,4-5,10-11H2,1H3/t17-,19-,21+/m0/s1. The molecule has 1 saturated heterocycles. The average Bonchev–Trinajstić information content (AvgIpc) is 3.45. The topological polar surface area (TPSA) is 117 Å². The minimum atomic E-state index is -1.30. The Morgan fingerprint density at radius 3 is 2.83 bits per heavy atom. The number of hydrogen-bond donors (Lipinski definition) is 1. The van der Waals surface area contributed by atoms with Gasteiger partial charge >= 0.3 is 0 Å². The molecule has 0 bridgehead atoms. The fourth-order valence-electron chi connectivity index (χ4n) is 4.37. The van der Waals surface area contributed by atoms with Gasteiger partial charge in [-0.2, -0.15) is 10.4 Å². The van der Waals surface area contributed by atoms with E-state index in [1.54, 1.807) is 13.1 Å². The number of aliphatic hydroxyl groups is 1. The summed E-state index contributed by atoms with van der Waals surface area (Å²) in [6, 6.07) is 3.49. The predicted octanol–water partition coefficient (Wildman–Crippen LogP) is 2.75. The Morgan fingerprint density at radius 2 is 2.14 bits per heavy atom. The van der Waals surface area contributed by atoms with Crippen LogP contribution >= 0.6 is 0 Å². The van der Waals surface area contributed by atoms with Crippen molar-refractivity contribution in [1.82, 2.24) is 34.5 Å². The van der Waals surface area contributed by atoms with Crippen molar-refractivity contribution >= 4 is 5.52 Å². The largest absolute Gasteiger partial charge is 0.479 e. The maximum Gasteiger partial charge on any atom is 0.179 e. The molecule has 1 aliphatic rings. The SMILES string of the molecule is Cc1c(-c2cc(O[C@H](CO)c3ccc(F)cn3)c3c(F)cnn3c2)nnn1[C@H]1CCN(C#N)C[C@@H]1F. The van der Waals surface area contributed by atoms with Gasteiger partial charge in [0.15, 0.2) is 18.1 Å². The summed E-state index contributed by atoms with van der Waals surface area (Å²) < 4.78 is 51.4. The predicted molar refractivity (Wildman–Crippen MR) is 119 cm³/mol. The van der Waals surface area contributed by atoms with Gasteiger partial charge in [0.1, 0.15) is 28.9 Å². The minimum absolute atomic E-state index is 0.0215. The van der Waals surface area contributed by atoms with Crippen LogP contribution in [0, 0.1) is 30.0 Å². The van der Waals surface area contributed by atoms with E-state index >= 15 is 0 Å². The van der Waals surface area contributed by atoms with Crippen LogP contribution in [0.4, 0.5) is 13.2 Å². The van der Waals surface area contributed by atoms with Gasteiger partial charge in [-0.1, -0.05) is 5.21 Å². The number of piperidine rings is 1. The lowest BCUT2D eigenvalue weighted by Gasteiger charge is -2.31. The highest BCUT2D eigenvalue weighted by molar-refractivity contribution is 5.70. The van der Waals surface area contributed by atoms with E-state index in [9.17, 15) is 18.3 Å². The number of halogens is 3. The first-order valence-electron chi connectivity index (χ1n) is 11.2. The Morgan fingerprint density at radius 1 is 1.31 bits per heavy atom. The molecule has 36 heavy (non-hydrogen) atoms. The molecular weight excluding hydrogens is 477 g/mol. The first-order chi connectivity index (χ1) is 17.4. The summed E-state index contributed by atoms with van der Waals surface area (Å²) in [4.78, 5) is 5.31. The fraction of sp³-hybridized carbons (Fsp3) is 0.348. The summed E-state index contributed by atoms with van der Waals surface area (Å²) in [6.45, 7) is 1.63. The second-order valence-corrected chi connectivity index (χ2v) is 8.46. The molecule has 0 radical (unpaired) electrons. The van der Waals surface area contributed by atoms with Crippen molar-refractivity contribution in [3.8, 4) is 23.2 Å². The number of ether oxygens (including phenoxy) is 1. The number of fused-ring (bicyclic) bond motifs is 1. The van der Waals surface area contributed by atoms with Gasteiger partial charge in [0.2, 0.25) is 0 Å². The van der Waals surface area contributed by atoms with E-state index in [0.29, 0.717) is 29.9 Å². The number of likely N-dealkylation sites (tertiary alicyclic amines) is 1. The van der Waals surface area contributed by atoms with Crippen molar-refractivity contribution in [2.24, 2.45) is 0 Å². The van der Waals surface area contributed by atoms with Crippen LogP contribution in [-0.2, 0) is 0 Å². The zero-order valence-corrected chi connectivity index (χ0v) is 19.1. The fourth-order valence-corrected chi connectivity index (χ4v) is 4.37. The highest BCUT2D eigenvalue weighted by Crippen LogP contribution is 2.34. The highest BCUT2D eigenvalue weighted by Gasteiger charge is 2.33. The molecule has 5 heterocycles. The second kappa shape index (κ2) is 9.46. The van der Waals surface area contributed by atoms with Gasteiger partial charge in [-0.15, -0.1) is 5.10 Å². The molecule has 1 aliphatic heterocycles. The molecule has 0 spiro atoms. The van der Waals surface area contributed by atoms with Gasteiger partial charge in [-0.3, -0.25) is 4.98 Å². The van der Waals surface area contributed by atoms with E-state index in [4.69, 9.17) is 10.00 Å². The number of alkyl halides is 1. The van der Waals surface area contributed by atoms with Crippen molar-refractivity contribution < 1.29 is 23.0 Å². The summed E-state index contributed by atoms with van der Waals surface area (Å²) >= 11 is 0. The molecule has 0 aliphatic carbocycles. The van der Waals surface area contributed by atoms with Crippen molar-refractivity contribution in [1.29, 1.82) is 5.26 Å². The third-order valence-electron chi connectivity index (χ3n) is 6.21. The molecule has 5 rings (SSSR count). The Kier molecular flexibility index (Phi) is 6.19. The summed E-state index contributed by atoms with van der Waals surface area (Å²) in [7, 11) is 0. The van der Waals surface area contributed by atoms with Crippen LogP contribution in [0.15, 0.2) is 36.8 Å². The number of nitriles is 1. The van der Waals surface area contributed by atoms with E-state index < -0.39 is 36.6 Å². The van der Waals surface area contributed by atoms with Crippen LogP contribution in [-0.4, -0.2) is 65.5 Å².